The molecule has 1 aliphatic rings. The van der Waals surface area contributed by atoms with E-state index in [4.69, 9.17) is 9.97 Å². The summed E-state index contributed by atoms with van der Waals surface area (Å²) in [7, 11) is -1.65. The summed E-state index contributed by atoms with van der Waals surface area (Å²) in [6.07, 6.45) is 0.561. The molecule has 4 rings (SSSR count). The van der Waals surface area contributed by atoms with E-state index < -0.39 is 10.0 Å². The minimum absolute atomic E-state index is 0.277. The molecule has 0 aliphatic carbocycles. The lowest BCUT2D eigenvalue weighted by Crippen LogP contribution is -2.38. The molecule has 168 valence electrons. The van der Waals surface area contributed by atoms with Crippen molar-refractivity contribution < 1.29 is 8.42 Å². The summed E-state index contributed by atoms with van der Waals surface area (Å²) in [5, 5.41) is 0. The number of fused-ring (bicyclic) bond motifs is 1. The highest BCUT2D eigenvalue weighted by Gasteiger charge is 2.33. The Morgan fingerprint density at radius 2 is 1.69 bits per heavy atom. The Morgan fingerprint density at radius 1 is 1.03 bits per heavy atom. The SMILES string of the molecule is CCN(C)c1nc(-c2ccccc2)nc2c1CN(S(=O)(=O)c1c(C)cc(C)cc1C)CC2. The van der Waals surface area contributed by atoms with Gasteiger partial charge in [-0.1, -0.05) is 48.0 Å². The molecule has 0 radical (unpaired) electrons. The summed E-state index contributed by atoms with van der Waals surface area (Å²) in [5.41, 5.74) is 5.42. The molecule has 6 nitrogen and oxygen atoms in total. The van der Waals surface area contributed by atoms with E-state index in [0.29, 0.717) is 23.7 Å². The van der Waals surface area contributed by atoms with E-state index in [1.165, 1.54) is 0 Å². The monoisotopic (exact) mass is 450 g/mol. The first kappa shape index (κ1) is 22.4. The van der Waals surface area contributed by atoms with Crippen molar-refractivity contribution in [2.75, 3.05) is 25.0 Å². The van der Waals surface area contributed by atoms with Gasteiger partial charge in [0.25, 0.3) is 0 Å². The molecule has 2 aromatic carbocycles. The van der Waals surface area contributed by atoms with E-state index in [1.54, 1.807) is 4.31 Å². The molecule has 0 N–H and O–H groups in total. The lowest BCUT2D eigenvalue weighted by Gasteiger charge is -2.31. The van der Waals surface area contributed by atoms with Crippen molar-refractivity contribution in [1.29, 1.82) is 0 Å². The van der Waals surface area contributed by atoms with Crippen LogP contribution < -0.4 is 4.90 Å². The third-order valence-corrected chi connectivity index (χ3v) is 8.23. The zero-order valence-electron chi connectivity index (χ0n) is 19.4. The van der Waals surface area contributed by atoms with Gasteiger partial charge >= 0.3 is 0 Å². The van der Waals surface area contributed by atoms with Crippen LogP contribution in [-0.4, -0.2) is 42.8 Å². The topological polar surface area (TPSA) is 66.4 Å². The zero-order chi connectivity index (χ0) is 23.0. The number of hydrogen-bond acceptors (Lipinski definition) is 5. The van der Waals surface area contributed by atoms with E-state index in [-0.39, 0.29) is 6.54 Å². The van der Waals surface area contributed by atoms with Gasteiger partial charge in [-0.3, -0.25) is 0 Å². The molecule has 0 unspecified atom stereocenters. The van der Waals surface area contributed by atoms with E-state index in [2.05, 4.69) is 11.8 Å². The number of hydrogen-bond donors (Lipinski definition) is 0. The maximum Gasteiger partial charge on any atom is 0.243 e. The van der Waals surface area contributed by atoms with E-state index in [9.17, 15) is 8.42 Å². The van der Waals surface area contributed by atoms with Crippen LogP contribution in [0.25, 0.3) is 11.4 Å². The van der Waals surface area contributed by atoms with Gasteiger partial charge in [0.15, 0.2) is 5.82 Å². The molecular weight excluding hydrogens is 420 g/mol. The molecule has 7 heteroatoms. The van der Waals surface area contributed by atoms with Gasteiger partial charge in [-0.15, -0.1) is 0 Å². The van der Waals surface area contributed by atoms with Gasteiger partial charge in [0.1, 0.15) is 5.82 Å². The second-order valence-corrected chi connectivity index (χ2v) is 10.4. The van der Waals surface area contributed by atoms with Gasteiger partial charge in [-0.2, -0.15) is 4.31 Å². The number of benzene rings is 2. The molecule has 0 saturated carbocycles. The van der Waals surface area contributed by atoms with Crippen LogP contribution in [0.5, 0.6) is 0 Å². The molecule has 1 aromatic heterocycles. The Morgan fingerprint density at radius 3 is 2.31 bits per heavy atom. The molecule has 0 amide bonds. The molecule has 0 bridgehead atoms. The third kappa shape index (κ3) is 4.02. The number of rotatable bonds is 5. The Kier molecular flexibility index (Phi) is 6.05. The highest BCUT2D eigenvalue weighted by molar-refractivity contribution is 7.89. The van der Waals surface area contributed by atoms with Gasteiger partial charge in [-0.25, -0.2) is 18.4 Å². The Bertz CT molecular complexity index is 1230. The van der Waals surface area contributed by atoms with Crippen LogP contribution in [0.3, 0.4) is 0 Å². The fraction of sp³-hybridized carbons (Fsp3) is 0.360. The van der Waals surface area contributed by atoms with Gasteiger partial charge < -0.3 is 4.90 Å². The second-order valence-electron chi connectivity index (χ2n) is 8.49. The van der Waals surface area contributed by atoms with Crippen LogP contribution in [0, 0.1) is 20.8 Å². The number of nitrogens with zero attached hydrogens (tertiary/aromatic N) is 4. The highest BCUT2D eigenvalue weighted by Crippen LogP contribution is 2.33. The summed E-state index contributed by atoms with van der Waals surface area (Å²) in [6.45, 7) is 9.24. The average Bonchev–Trinajstić information content (AvgIpc) is 2.77. The average molecular weight is 451 g/mol. The van der Waals surface area contributed by atoms with Crippen LogP contribution in [0.1, 0.15) is 34.9 Å². The van der Waals surface area contributed by atoms with Crippen LogP contribution in [0.2, 0.25) is 0 Å². The van der Waals surface area contributed by atoms with E-state index >= 15 is 0 Å². The van der Waals surface area contributed by atoms with Crippen molar-refractivity contribution in [2.45, 2.75) is 45.6 Å². The molecule has 32 heavy (non-hydrogen) atoms. The fourth-order valence-electron chi connectivity index (χ4n) is 4.46. The Labute approximate surface area is 191 Å². The first-order chi connectivity index (χ1) is 15.2. The van der Waals surface area contributed by atoms with E-state index in [1.807, 2.05) is 70.3 Å². The molecule has 1 aliphatic heterocycles. The maximum absolute atomic E-state index is 13.7. The smallest absolute Gasteiger partial charge is 0.243 e. The highest BCUT2D eigenvalue weighted by atomic mass is 32.2. The first-order valence-corrected chi connectivity index (χ1v) is 12.4. The van der Waals surface area contributed by atoms with Gasteiger partial charge in [-0.05, 0) is 38.8 Å². The molecular formula is C25H30N4O2S. The van der Waals surface area contributed by atoms with Crippen molar-refractivity contribution in [2.24, 2.45) is 0 Å². The van der Waals surface area contributed by atoms with Gasteiger partial charge in [0, 0.05) is 44.2 Å². The second kappa shape index (κ2) is 8.64. The standard InChI is InChI=1S/C25H30N4O2S/c1-6-28(5)25-21-16-29(32(30,31)23-18(3)14-17(2)15-19(23)4)13-12-22(21)26-24(27-25)20-10-8-7-9-11-20/h7-11,14-15H,6,12-13,16H2,1-5H3. The first-order valence-electron chi connectivity index (χ1n) is 11.0. The lowest BCUT2D eigenvalue weighted by atomic mass is 10.1. The molecule has 0 fully saturated rings. The molecule has 0 saturated heterocycles. The number of aryl methyl sites for hydroxylation is 3. The summed E-state index contributed by atoms with van der Waals surface area (Å²) >= 11 is 0. The Hall–Kier alpha value is -2.77. The third-order valence-electron chi connectivity index (χ3n) is 6.07. The molecule has 0 atom stereocenters. The number of anilines is 1. The largest absolute Gasteiger partial charge is 0.360 e. The predicted octanol–water partition coefficient (Wildman–Crippen LogP) is 4.27. The summed E-state index contributed by atoms with van der Waals surface area (Å²) < 4.78 is 28.9. The van der Waals surface area contributed by atoms with Crippen molar-refractivity contribution in [1.82, 2.24) is 14.3 Å². The summed E-state index contributed by atoms with van der Waals surface area (Å²) in [4.78, 5) is 12.2. The van der Waals surface area contributed by atoms with Crippen LogP contribution in [-0.2, 0) is 23.0 Å². The van der Waals surface area contributed by atoms with Crippen LogP contribution >= 0.6 is 0 Å². The van der Waals surface area contributed by atoms with Gasteiger partial charge in [0.2, 0.25) is 10.0 Å². The number of sulfonamides is 1. The number of aromatic nitrogens is 2. The quantitative estimate of drug-likeness (QED) is 0.581. The van der Waals surface area contributed by atoms with Gasteiger partial charge in [0.05, 0.1) is 10.6 Å². The Balaban J connectivity index is 1.78. The molecule has 2 heterocycles. The maximum atomic E-state index is 13.7. The zero-order valence-corrected chi connectivity index (χ0v) is 20.2. The van der Waals surface area contributed by atoms with Crippen molar-refractivity contribution in [3.05, 3.63) is 70.4 Å². The lowest BCUT2D eigenvalue weighted by molar-refractivity contribution is 0.386. The normalized spacial score (nSPS) is 14.3. The van der Waals surface area contributed by atoms with Crippen molar-refractivity contribution in [3.8, 4) is 11.4 Å². The van der Waals surface area contributed by atoms with Crippen LogP contribution in [0.15, 0.2) is 47.4 Å². The summed E-state index contributed by atoms with van der Waals surface area (Å²) in [6, 6.07) is 13.8. The minimum Gasteiger partial charge on any atom is -0.360 e. The predicted molar refractivity (Wildman–Crippen MR) is 128 cm³/mol. The minimum atomic E-state index is -3.64. The molecule has 3 aromatic rings. The fourth-order valence-corrected chi connectivity index (χ4v) is 6.28. The molecule has 0 spiro atoms. The van der Waals surface area contributed by atoms with Crippen molar-refractivity contribution >= 4 is 15.8 Å². The van der Waals surface area contributed by atoms with Crippen LogP contribution in [0.4, 0.5) is 5.82 Å². The van der Waals surface area contributed by atoms with Crippen molar-refractivity contribution in [3.63, 3.8) is 0 Å². The summed E-state index contributed by atoms with van der Waals surface area (Å²) in [5.74, 6) is 1.48. The van der Waals surface area contributed by atoms with E-state index in [0.717, 1.165) is 45.9 Å².